The Kier molecular flexibility index (Phi) is 7.30. The van der Waals surface area contributed by atoms with Crippen LogP contribution in [0.4, 0.5) is 5.82 Å². The molecule has 34 heavy (non-hydrogen) atoms. The minimum Gasteiger partial charge on any atom is -0.494 e. The van der Waals surface area contributed by atoms with Crippen molar-refractivity contribution in [2.24, 2.45) is 0 Å². The molecule has 178 valence electrons. The molecule has 7 nitrogen and oxygen atoms in total. The summed E-state index contributed by atoms with van der Waals surface area (Å²) >= 11 is 0. The lowest BCUT2D eigenvalue weighted by atomic mass is 10.1. The van der Waals surface area contributed by atoms with Crippen LogP contribution in [0.3, 0.4) is 0 Å². The Morgan fingerprint density at radius 1 is 0.971 bits per heavy atom. The third kappa shape index (κ3) is 5.30. The molecule has 0 N–H and O–H groups in total. The molecule has 1 unspecified atom stereocenters. The Balaban J connectivity index is 1.32. The Hall–Kier alpha value is -3.61. The number of anilines is 1. The van der Waals surface area contributed by atoms with Gasteiger partial charge in [0.05, 0.1) is 12.3 Å². The zero-order chi connectivity index (χ0) is 24.1. The van der Waals surface area contributed by atoms with Crippen LogP contribution in [0.15, 0.2) is 54.6 Å². The van der Waals surface area contributed by atoms with Gasteiger partial charge in [-0.25, -0.2) is 0 Å². The highest BCUT2D eigenvalue weighted by atomic mass is 16.5. The average Bonchev–Trinajstić information content (AvgIpc) is 2.87. The minimum absolute atomic E-state index is 0.0116. The van der Waals surface area contributed by atoms with Gasteiger partial charge in [-0.15, -0.1) is 10.2 Å². The van der Waals surface area contributed by atoms with Crippen molar-refractivity contribution in [2.45, 2.75) is 33.8 Å². The van der Waals surface area contributed by atoms with Crippen LogP contribution in [-0.4, -0.2) is 59.9 Å². The third-order valence-corrected chi connectivity index (χ3v) is 6.23. The molecule has 2 heterocycles. The van der Waals surface area contributed by atoms with E-state index in [0.29, 0.717) is 32.8 Å². The average molecular weight is 461 g/mol. The van der Waals surface area contributed by atoms with E-state index in [1.807, 2.05) is 87.2 Å². The predicted octanol–water partition coefficient (Wildman–Crippen LogP) is 4.28. The Morgan fingerprint density at radius 3 is 2.35 bits per heavy atom. The van der Waals surface area contributed by atoms with E-state index in [1.165, 1.54) is 0 Å². The Morgan fingerprint density at radius 2 is 1.71 bits per heavy atom. The van der Waals surface area contributed by atoms with Crippen molar-refractivity contribution in [3.05, 3.63) is 65.7 Å². The molecule has 7 heteroatoms. The van der Waals surface area contributed by atoms with Crippen molar-refractivity contribution in [3.63, 3.8) is 0 Å². The van der Waals surface area contributed by atoms with Gasteiger partial charge in [0, 0.05) is 31.7 Å². The molecular formula is C27H32N4O3. The van der Waals surface area contributed by atoms with E-state index in [9.17, 15) is 4.79 Å². The van der Waals surface area contributed by atoms with E-state index in [4.69, 9.17) is 9.47 Å². The number of amides is 1. The first-order valence-corrected chi connectivity index (χ1v) is 11.8. The van der Waals surface area contributed by atoms with Gasteiger partial charge in [-0.1, -0.05) is 12.1 Å². The standard InChI is InChI=1S/C27H32N4O3/c1-5-33-23-11-9-22(10-12-23)24-13-14-26(29-28-24)30-15-17-31(18-16-30)27(32)21(4)34-25-8-6-7-19(2)20(25)3/h6-14,21H,5,15-18H2,1-4H3. The summed E-state index contributed by atoms with van der Waals surface area (Å²) in [5.41, 5.74) is 4.04. The SMILES string of the molecule is CCOc1ccc(-c2ccc(N3CCN(C(=O)C(C)Oc4cccc(C)c4C)CC3)nn2)cc1. The molecule has 1 fully saturated rings. The molecule has 0 radical (unpaired) electrons. The van der Waals surface area contributed by atoms with Gasteiger partial charge in [-0.2, -0.15) is 0 Å². The first-order valence-electron chi connectivity index (χ1n) is 11.8. The molecule has 1 saturated heterocycles. The molecular weight excluding hydrogens is 428 g/mol. The van der Waals surface area contributed by atoms with E-state index in [-0.39, 0.29) is 5.91 Å². The number of benzene rings is 2. The van der Waals surface area contributed by atoms with Crippen molar-refractivity contribution in [2.75, 3.05) is 37.7 Å². The van der Waals surface area contributed by atoms with Gasteiger partial charge in [-0.3, -0.25) is 4.79 Å². The van der Waals surface area contributed by atoms with Crippen LogP contribution in [0, 0.1) is 13.8 Å². The molecule has 2 aromatic carbocycles. The number of rotatable bonds is 7. The first kappa shape index (κ1) is 23.5. The zero-order valence-electron chi connectivity index (χ0n) is 20.3. The quantitative estimate of drug-likeness (QED) is 0.524. The van der Waals surface area contributed by atoms with E-state index in [2.05, 4.69) is 15.1 Å². The molecule has 0 bridgehead atoms. The number of aryl methyl sites for hydroxylation is 1. The van der Waals surface area contributed by atoms with Gasteiger partial charge in [0.25, 0.3) is 5.91 Å². The smallest absolute Gasteiger partial charge is 0.263 e. The summed E-state index contributed by atoms with van der Waals surface area (Å²) in [5.74, 6) is 2.44. The number of carbonyl (C=O) groups excluding carboxylic acids is 1. The van der Waals surface area contributed by atoms with Crippen molar-refractivity contribution >= 4 is 11.7 Å². The highest BCUT2D eigenvalue weighted by Crippen LogP contribution is 2.24. The van der Waals surface area contributed by atoms with Crippen molar-refractivity contribution in [3.8, 4) is 22.8 Å². The molecule has 1 aliphatic heterocycles. The van der Waals surface area contributed by atoms with Gasteiger partial charge >= 0.3 is 0 Å². The van der Waals surface area contributed by atoms with Crippen LogP contribution in [0.2, 0.25) is 0 Å². The van der Waals surface area contributed by atoms with E-state index in [0.717, 1.165) is 39.7 Å². The van der Waals surface area contributed by atoms with Crippen LogP contribution >= 0.6 is 0 Å². The topological polar surface area (TPSA) is 67.8 Å². The summed E-state index contributed by atoms with van der Waals surface area (Å²) in [5, 5.41) is 8.84. The summed E-state index contributed by atoms with van der Waals surface area (Å²) in [6.45, 7) is 11.2. The van der Waals surface area contributed by atoms with Crippen LogP contribution in [0.5, 0.6) is 11.5 Å². The number of hydrogen-bond donors (Lipinski definition) is 0. The second-order valence-corrected chi connectivity index (χ2v) is 8.50. The summed E-state index contributed by atoms with van der Waals surface area (Å²) in [7, 11) is 0. The second kappa shape index (κ2) is 10.5. The van der Waals surface area contributed by atoms with E-state index >= 15 is 0 Å². The van der Waals surface area contributed by atoms with E-state index < -0.39 is 6.10 Å². The Labute approximate surface area is 201 Å². The monoisotopic (exact) mass is 460 g/mol. The zero-order valence-corrected chi connectivity index (χ0v) is 20.3. The number of hydrogen-bond acceptors (Lipinski definition) is 6. The maximum Gasteiger partial charge on any atom is 0.263 e. The third-order valence-electron chi connectivity index (χ3n) is 6.23. The summed E-state index contributed by atoms with van der Waals surface area (Å²) in [6, 6.07) is 17.7. The number of nitrogens with zero attached hydrogens (tertiary/aromatic N) is 4. The molecule has 1 atom stereocenters. The Bertz CT molecular complexity index is 1110. The fourth-order valence-corrected chi connectivity index (χ4v) is 4.04. The highest BCUT2D eigenvalue weighted by molar-refractivity contribution is 5.81. The van der Waals surface area contributed by atoms with Crippen molar-refractivity contribution in [1.29, 1.82) is 0 Å². The summed E-state index contributed by atoms with van der Waals surface area (Å²) in [4.78, 5) is 17.0. The molecule has 0 aliphatic carbocycles. The fourth-order valence-electron chi connectivity index (χ4n) is 4.04. The summed E-state index contributed by atoms with van der Waals surface area (Å²) < 4.78 is 11.5. The molecule has 0 saturated carbocycles. The van der Waals surface area contributed by atoms with Crippen LogP contribution < -0.4 is 14.4 Å². The number of aromatic nitrogens is 2. The first-order chi connectivity index (χ1) is 16.5. The van der Waals surface area contributed by atoms with E-state index in [1.54, 1.807) is 0 Å². The van der Waals surface area contributed by atoms with Crippen molar-refractivity contribution < 1.29 is 14.3 Å². The highest BCUT2D eigenvalue weighted by Gasteiger charge is 2.27. The molecule has 3 aromatic rings. The maximum absolute atomic E-state index is 13.0. The fraction of sp³-hybridized carbons (Fsp3) is 0.370. The van der Waals surface area contributed by atoms with Crippen LogP contribution in [0.1, 0.15) is 25.0 Å². The van der Waals surface area contributed by atoms with Gasteiger partial charge in [0.1, 0.15) is 11.5 Å². The van der Waals surface area contributed by atoms with Crippen LogP contribution in [0.25, 0.3) is 11.3 Å². The van der Waals surface area contributed by atoms with Gasteiger partial charge < -0.3 is 19.3 Å². The lowest BCUT2D eigenvalue weighted by Gasteiger charge is -2.36. The largest absolute Gasteiger partial charge is 0.494 e. The van der Waals surface area contributed by atoms with Gasteiger partial charge in [0.2, 0.25) is 0 Å². The number of carbonyl (C=O) groups is 1. The molecule has 1 aliphatic rings. The van der Waals surface area contributed by atoms with Crippen LogP contribution in [-0.2, 0) is 4.79 Å². The van der Waals surface area contributed by atoms with Crippen molar-refractivity contribution in [1.82, 2.24) is 15.1 Å². The number of ether oxygens (including phenoxy) is 2. The lowest BCUT2D eigenvalue weighted by Crippen LogP contribution is -2.52. The summed E-state index contributed by atoms with van der Waals surface area (Å²) in [6.07, 6.45) is -0.528. The predicted molar refractivity (Wildman–Crippen MR) is 133 cm³/mol. The minimum atomic E-state index is -0.528. The molecule has 4 rings (SSSR count). The van der Waals surface area contributed by atoms with Gasteiger partial charge in [-0.05, 0) is 81.3 Å². The lowest BCUT2D eigenvalue weighted by molar-refractivity contribution is -0.138. The van der Waals surface area contributed by atoms with Gasteiger partial charge in [0.15, 0.2) is 11.9 Å². The number of piperazine rings is 1. The maximum atomic E-state index is 13.0. The second-order valence-electron chi connectivity index (χ2n) is 8.50. The molecule has 1 aromatic heterocycles. The normalized spacial score (nSPS) is 14.6. The molecule has 0 spiro atoms. The molecule has 1 amide bonds.